The van der Waals surface area contributed by atoms with E-state index in [1.807, 2.05) is 30.3 Å². The van der Waals surface area contributed by atoms with Crippen LogP contribution in [0.3, 0.4) is 0 Å². The fourth-order valence-corrected chi connectivity index (χ4v) is 2.10. The minimum Gasteiger partial charge on any atom is -0.489 e. The quantitative estimate of drug-likeness (QED) is 0.586. The Morgan fingerprint density at radius 3 is 2.60 bits per heavy atom. The van der Waals surface area contributed by atoms with Gasteiger partial charge in [0.05, 0.1) is 6.04 Å². The normalized spacial score (nSPS) is 26.2. The Balaban J connectivity index is 1.97. The fraction of sp³-hybridized carbons (Fsp3) is 0.500. The minimum absolute atomic E-state index is 0.214. The van der Waals surface area contributed by atoms with Crippen molar-refractivity contribution in [3.63, 3.8) is 0 Å². The van der Waals surface area contributed by atoms with Gasteiger partial charge in [0.2, 0.25) is 0 Å². The highest BCUT2D eigenvalue weighted by Crippen LogP contribution is 2.23. The Morgan fingerprint density at radius 2 is 1.87 bits per heavy atom. The predicted molar refractivity (Wildman–Crippen MR) is 60.4 cm³/mol. The first-order valence-electron chi connectivity index (χ1n) is 5.58. The average molecular weight is 206 g/mol. The van der Waals surface area contributed by atoms with Crippen LogP contribution >= 0.6 is 0 Å². The topological polar surface area (TPSA) is 47.3 Å². The summed E-state index contributed by atoms with van der Waals surface area (Å²) >= 11 is 0. The third-order valence-corrected chi connectivity index (χ3v) is 2.95. The number of rotatable bonds is 3. The number of hydrazine groups is 1. The second-order valence-corrected chi connectivity index (χ2v) is 4.03. The zero-order valence-electron chi connectivity index (χ0n) is 8.86. The van der Waals surface area contributed by atoms with E-state index in [0.29, 0.717) is 6.04 Å². The van der Waals surface area contributed by atoms with Gasteiger partial charge in [-0.3, -0.25) is 11.3 Å². The van der Waals surface area contributed by atoms with E-state index >= 15 is 0 Å². The molecule has 1 aliphatic carbocycles. The van der Waals surface area contributed by atoms with Gasteiger partial charge >= 0.3 is 0 Å². The van der Waals surface area contributed by atoms with E-state index in [9.17, 15) is 0 Å². The maximum absolute atomic E-state index is 5.92. The largest absolute Gasteiger partial charge is 0.489 e. The van der Waals surface area contributed by atoms with E-state index in [-0.39, 0.29) is 6.10 Å². The molecule has 3 nitrogen and oxygen atoms in total. The SMILES string of the molecule is NNC1CCCCC1Oc1ccccc1. The predicted octanol–water partition coefficient (Wildman–Crippen LogP) is 1.84. The molecule has 0 aliphatic heterocycles. The highest BCUT2D eigenvalue weighted by molar-refractivity contribution is 5.21. The number of hydrogen-bond acceptors (Lipinski definition) is 3. The monoisotopic (exact) mass is 206 g/mol. The number of benzene rings is 1. The van der Waals surface area contributed by atoms with Gasteiger partial charge < -0.3 is 4.74 Å². The molecule has 2 atom stereocenters. The van der Waals surface area contributed by atoms with Crippen LogP contribution < -0.4 is 16.0 Å². The molecule has 0 saturated heterocycles. The first-order valence-corrected chi connectivity index (χ1v) is 5.58. The van der Waals surface area contributed by atoms with E-state index in [1.54, 1.807) is 0 Å². The summed E-state index contributed by atoms with van der Waals surface area (Å²) in [5, 5.41) is 0. The van der Waals surface area contributed by atoms with Crippen molar-refractivity contribution in [1.82, 2.24) is 5.43 Å². The molecular weight excluding hydrogens is 188 g/mol. The Morgan fingerprint density at radius 1 is 1.13 bits per heavy atom. The van der Waals surface area contributed by atoms with Gasteiger partial charge in [-0.25, -0.2) is 0 Å². The number of para-hydroxylation sites is 1. The molecule has 1 aromatic rings. The third-order valence-electron chi connectivity index (χ3n) is 2.95. The van der Waals surface area contributed by atoms with Crippen LogP contribution in [0, 0.1) is 0 Å². The molecular formula is C12H18N2O. The molecule has 0 heterocycles. The van der Waals surface area contributed by atoms with E-state index in [2.05, 4.69) is 5.43 Å². The molecule has 1 fully saturated rings. The Kier molecular flexibility index (Phi) is 3.59. The van der Waals surface area contributed by atoms with Crippen LogP contribution in [-0.2, 0) is 0 Å². The molecule has 1 aliphatic rings. The summed E-state index contributed by atoms with van der Waals surface area (Å²) in [6, 6.07) is 10.2. The molecule has 15 heavy (non-hydrogen) atoms. The summed E-state index contributed by atoms with van der Waals surface area (Å²) in [4.78, 5) is 0. The van der Waals surface area contributed by atoms with Gasteiger partial charge in [-0.1, -0.05) is 24.6 Å². The van der Waals surface area contributed by atoms with Crippen molar-refractivity contribution in [1.29, 1.82) is 0 Å². The van der Waals surface area contributed by atoms with Gasteiger partial charge in [-0.2, -0.15) is 0 Å². The number of ether oxygens (including phenoxy) is 1. The summed E-state index contributed by atoms with van der Waals surface area (Å²) in [7, 11) is 0. The van der Waals surface area contributed by atoms with Gasteiger partial charge in [0.1, 0.15) is 11.9 Å². The average Bonchev–Trinajstić information content (AvgIpc) is 2.31. The van der Waals surface area contributed by atoms with Crippen LogP contribution in [0.25, 0.3) is 0 Å². The van der Waals surface area contributed by atoms with Gasteiger partial charge in [-0.15, -0.1) is 0 Å². The third kappa shape index (κ3) is 2.70. The molecule has 0 radical (unpaired) electrons. The second-order valence-electron chi connectivity index (χ2n) is 4.03. The fourth-order valence-electron chi connectivity index (χ4n) is 2.10. The van der Waals surface area contributed by atoms with E-state index in [4.69, 9.17) is 10.6 Å². The van der Waals surface area contributed by atoms with Crippen LogP contribution in [0.4, 0.5) is 0 Å². The molecule has 0 bridgehead atoms. The summed E-state index contributed by atoms with van der Waals surface area (Å²) in [5.74, 6) is 6.45. The molecule has 2 unspecified atom stereocenters. The van der Waals surface area contributed by atoms with Crippen LogP contribution in [0.2, 0.25) is 0 Å². The molecule has 0 aromatic heterocycles. The number of nitrogens with two attached hydrogens (primary N) is 1. The van der Waals surface area contributed by atoms with Gasteiger partial charge in [0, 0.05) is 0 Å². The number of nitrogens with one attached hydrogen (secondary N) is 1. The van der Waals surface area contributed by atoms with Crippen molar-refractivity contribution in [3.05, 3.63) is 30.3 Å². The maximum Gasteiger partial charge on any atom is 0.119 e. The van der Waals surface area contributed by atoms with Gasteiger partial charge in [0.15, 0.2) is 0 Å². The van der Waals surface area contributed by atoms with Crippen molar-refractivity contribution in [3.8, 4) is 5.75 Å². The first-order chi connectivity index (χ1) is 7.40. The van der Waals surface area contributed by atoms with E-state index in [0.717, 1.165) is 18.6 Å². The molecule has 0 spiro atoms. The lowest BCUT2D eigenvalue weighted by atomic mass is 9.93. The van der Waals surface area contributed by atoms with Crippen LogP contribution in [0.15, 0.2) is 30.3 Å². The lowest BCUT2D eigenvalue weighted by Gasteiger charge is -2.31. The van der Waals surface area contributed by atoms with E-state index in [1.165, 1.54) is 12.8 Å². The first kappa shape index (κ1) is 10.5. The summed E-state index contributed by atoms with van der Waals surface area (Å²) in [6.45, 7) is 0. The summed E-state index contributed by atoms with van der Waals surface area (Å²) < 4.78 is 5.92. The smallest absolute Gasteiger partial charge is 0.119 e. The lowest BCUT2D eigenvalue weighted by Crippen LogP contribution is -2.48. The van der Waals surface area contributed by atoms with Gasteiger partial charge in [-0.05, 0) is 31.4 Å². The molecule has 3 heteroatoms. The number of hydrogen-bond donors (Lipinski definition) is 2. The zero-order valence-corrected chi connectivity index (χ0v) is 8.86. The molecule has 3 N–H and O–H groups in total. The van der Waals surface area contributed by atoms with Crippen molar-refractivity contribution in [2.75, 3.05) is 0 Å². The van der Waals surface area contributed by atoms with Crippen LogP contribution in [0.1, 0.15) is 25.7 Å². The van der Waals surface area contributed by atoms with Gasteiger partial charge in [0.25, 0.3) is 0 Å². The van der Waals surface area contributed by atoms with Crippen molar-refractivity contribution < 1.29 is 4.74 Å². The summed E-state index contributed by atoms with van der Waals surface area (Å²) in [6.07, 6.45) is 4.88. The molecule has 2 rings (SSSR count). The Labute approximate surface area is 90.6 Å². The lowest BCUT2D eigenvalue weighted by molar-refractivity contribution is 0.114. The molecule has 1 saturated carbocycles. The van der Waals surface area contributed by atoms with Crippen LogP contribution in [0.5, 0.6) is 5.75 Å². The standard InChI is InChI=1S/C12H18N2O/c13-14-11-8-4-5-9-12(11)15-10-6-2-1-3-7-10/h1-3,6-7,11-12,14H,4-5,8-9,13H2. The van der Waals surface area contributed by atoms with Crippen molar-refractivity contribution in [2.45, 2.75) is 37.8 Å². The highest BCUT2D eigenvalue weighted by atomic mass is 16.5. The molecule has 0 amide bonds. The zero-order chi connectivity index (χ0) is 10.5. The Bertz CT molecular complexity index is 289. The minimum atomic E-state index is 0.214. The highest BCUT2D eigenvalue weighted by Gasteiger charge is 2.25. The molecule has 1 aromatic carbocycles. The molecule has 82 valence electrons. The van der Waals surface area contributed by atoms with E-state index < -0.39 is 0 Å². The van der Waals surface area contributed by atoms with Crippen LogP contribution in [-0.4, -0.2) is 12.1 Å². The summed E-state index contributed by atoms with van der Waals surface area (Å²) in [5.41, 5.74) is 2.85. The van der Waals surface area contributed by atoms with Crippen molar-refractivity contribution in [2.24, 2.45) is 5.84 Å². The second kappa shape index (κ2) is 5.14. The maximum atomic E-state index is 5.92. The van der Waals surface area contributed by atoms with Crippen molar-refractivity contribution >= 4 is 0 Å². The Hall–Kier alpha value is -1.06.